The molecule has 4 nitrogen and oxygen atoms in total. The van der Waals surface area contributed by atoms with Gasteiger partial charge in [0.05, 0.1) is 6.61 Å². The lowest BCUT2D eigenvalue weighted by Gasteiger charge is -2.28. The molecule has 120 valence electrons. The minimum atomic E-state index is 0.0354. The van der Waals surface area contributed by atoms with Crippen LogP contribution in [0.25, 0.3) is 0 Å². The number of ether oxygens (including phenoxy) is 1. The van der Waals surface area contributed by atoms with Crippen LogP contribution in [0, 0.1) is 11.8 Å². The van der Waals surface area contributed by atoms with Crippen molar-refractivity contribution in [3.8, 4) is 5.75 Å². The molecule has 22 heavy (non-hydrogen) atoms. The Hall–Kier alpha value is -1.55. The number of carbonyl (C=O) groups is 1. The minimum Gasteiger partial charge on any atom is -0.494 e. The second-order valence-corrected chi connectivity index (χ2v) is 6.49. The summed E-state index contributed by atoms with van der Waals surface area (Å²) in [6.07, 6.45) is 4.46. The summed E-state index contributed by atoms with van der Waals surface area (Å²) in [7, 11) is 0. The van der Waals surface area contributed by atoms with E-state index in [1.807, 2.05) is 31.2 Å². The van der Waals surface area contributed by atoms with Crippen LogP contribution >= 0.6 is 0 Å². The number of nitrogens with one attached hydrogen (secondary N) is 1. The Morgan fingerprint density at radius 2 is 1.91 bits per heavy atom. The Bertz CT molecular complexity index is 488. The number of benzene rings is 1. The van der Waals surface area contributed by atoms with E-state index in [0.29, 0.717) is 6.42 Å². The van der Waals surface area contributed by atoms with Gasteiger partial charge < -0.3 is 15.0 Å². The molecule has 1 aromatic carbocycles. The number of hydrogen-bond acceptors (Lipinski definition) is 3. The summed E-state index contributed by atoms with van der Waals surface area (Å²) in [5, 5.41) is 2.84. The van der Waals surface area contributed by atoms with Gasteiger partial charge in [0, 0.05) is 31.7 Å². The van der Waals surface area contributed by atoms with Crippen molar-refractivity contribution in [1.29, 1.82) is 0 Å². The molecule has 1 heterocycles. The van der Waals surface area contributed by atoms with Gasteiger partial charge in [0.1, 0.15) is 5.75 Å². The summed E-state index contributed by atoms with van der Waals surface area (Å²) in [5.74, 6) is 2.89. The molecule has 1 N–H and O–H groups in total. The van der Waals surface area contributed by atoms with E-state index >= 15 is 0 Å². The molecule has 1 aliphatic carbocycles. The van der Waals surface area contributed by atoms with Crippen molar-refractivity contribution >= 4 is 11.6 Å². The third-order valence-electron chi connectivity index (χ3n) is 4.91. The molecule has 1 aromatic rings. The van der Waals surface area contributed by atoms with Crippen LogP contribution in [-0.4, -0.2) is 37.0 Å². The van der Waals surface area contributed by atoms with E-state index in [4.69, 9.17) is 4.74 Å². The van der Waals surface area contributed by atoms with Gasteiger partial charge in [-0.3, -0.25) is 4.79 Å². The number of likely N-dealkylation sites (tertiary alicyclic amines) is 1. The van der Waals surface area contributed by atoms with Crippen molar-refractivity contribution in [1.82, 2.24) is 4.90 Å². The normalized spacial score (nSPS) is 23.7. The zero-order valence-electron chi connectivity index (χ0n) is 13.4. The highest BCUT2D eigenvalue weighted by atomic mass is 16.5. The van der Waals surface area contributed by atoms with Crippen LogP contribution in [0.4, 0.5) is 5.69 Å². The number of anilines is 1. The lowest BCUT2D eigenvalue weighted by Crippen LogP contribution is -2.23. The highest BCUT2D eigenvalue weighted by molar-refractivity contribution is 5.90. The third-order valence-corrected chi connectivity index (χ3v) is 4.91. The topological polar surface area (TPSA) is 41.6 Å². The van der Waals surface area contributed by atoms with Crippen LogP contribution < -0.4 is 10.1 Å². The summed E-state index contributed by atoms with van der Waals surface area (Å²) in [5.41, 5.74) is 0.826. The Labute approximate surface area is 132 Å². The summed E-state index contributed by atoms with van der Waals surface area (Å²) < 4.78 is 5.78. The lowest BCUT2D eigenvalue weighted by molar-refractivity contribution is -0.115. The molecule has 0 radical (unpaired) electrons. The smallest absolute Gasteiger partial charge is 0.224 e. The Kier molecular flexibility index (Phi) is 4.98. The summed E-state index contributed by atoms with van der Waals surface area (Å²) in [6.45, 7) is 6.36. The average molecular weight is 302 g/mol. The van der Waals surface area contributed by atoms with E-state index in [-0.39, 0.29) is 5.91 Å². The molecule has 2 atom stereocenters. The highest BCUT2D eigenvalue weighted by Crippen LogP contribution is 2.40. The molecule has 0 bridgehead atoms. The van der Waals surface area contributed by atoms with Gasteiger partial charge in [0.15, 0.2) is 0 Å². The van der Waals surface area contributed by atoms with E-state index in [0.717, 1.165) is 42.8 Å². The molecule has 1 amide bonds. The molecule has 2 fully saturated rings. The van der Waals surface area contributed by atoms with Crippen molar-refractivity contribution < 1.29 is 9.53 Å². The predicted molar refractivity (Wildman–Crippen MR) is 88.1 cm³/mol. The maximum Gasteiger partial charge on any atom is 0.224 e. The number of fused-ring (bicyclic) bond motifs is 1. The quantitative estimate of drug-likeness (QED) is 0.787. The number of carbonyl (C=O) groups excluding carboxylic acids is 1. The summed E-state index contributed by atoms with van der Waals surface area (Å²) >= 11 is 0. The third kappa shape index (κ3) is 3.80. The first-order valence-corrected chi connectivity index (χ1v) is 8.49. The minimum absolute atomic E-state index is 0.0354. The molecule has 4 heteroatoms. The molecule has 2 aliphatic rings. The van der Waals surface area contributed by atoms with Crippen LogP contribution in [0.1, 0.15) is 32.6 Å². The van der Waals surface area contributed by atoms with Gasteiger partial charge >= 0.3 is 0 Å². The van der Waals surface area contributed by atoms with Crippen LogP contribution in [0.15, 0.2) is 24.3 Å². The van der Waals surface area contributed by atoms with Gasteiger partial charge in [-0.2, -0.15) is 0 Å². The Morgan fingerprint density at radius 3 is 2.50 bits per heavy atom. The van der Waals surface area contributed by atoms with Crippen LogP contribution in [-0.2, 0) is 4.79 Å². The molecule has 0 spiro atoms. The van der Waals surface area contributed by atoms with Gasteiger partial charge in [-0.25, -0.2) is 0 Å². The highest BCUT2D eigenvalue weighted by Gasteiger charge is 2.38. The lowest BCUT2D eigenvalue weighted by atomic mass is 9.77. The van der Waals surface area contributed by atoms with Crippen LogP contribution in [0.3, 0.4) is 0 Å². The molecular weight excluding hydrogens is 276 g/mol. The SMILES string of the molecule is CCC(=O)Nc1ccc(OCCCN2CC3CCC3C2)cc1. The Morgan fingerprint density at radius 1 is 1.23 bits per heavy atom. The van der Waals surface area contributed by atoms with Crippen LogP contribution in [0.5, 0.6) is 5.75 Å². The fourth-order valence-electron chi connectivity index (χ4n) is 3.40. The van der Waals surface area contributed by atoms with Crippen LogP contribution in [0.2, 0.25) is 0 Å². The monoisotopic (exact) mass is 302 g/mol. The number of hydrogen-bond donors (Lipinski definition) is 1. The molecule has 0 aromatic heterocycles. The summed E-state index contributed by atoms with van der Waals surface area (Å²) in [6, 6.07) is 7.62. The number of amides is 1. The van der Waals surface area contributed by atoms with E-state index < -0.39 is 0 Å². The van der Waals surface area contributed by atoms with E-state index in [9.17, 15) is 4.79 Å². The maximum absolute atomic E-state index is 11.3. The fraction of sp³-hybridized carbons (Fsp3) is 0.611. The molecule has 3 rings (SSSR count). The van der Waals surface area contributed by atoms with Gasteiger partial charge in [-0.15, -0.1) is 0 Å². The zero-order valence-corrected chi connectivity index (χ0v) is 13.4. The van der Waals surface area contributed by atoms with Crippen molar-refractivity contribution in [2.24, 2.45) is 11.8 Å². The van der Waals surface area contributed by atoms with Gasteiger partial charge in [-0.1, -0.05) is 6.92 Å². The molecule has 2 unspecified atom stereocenters. The molecule has 1 saturated heterocycles. The van der Waals surface area contributed by atoms with Crippen molar-refractivity contribution in [2.45, 2.75) is 32.6 Å². The van der Waals surface area contributed by atoms with E-state index in [1.54, 1.807) is 0 Å². The van der Waals surface area contributed by atoms with Gasteiger partial charge in [-0.05, 0) is 55.4 Å². The number of rotatable bonds is 7. The molecule has 1 saturated carbocycles. The van der Waals surface area contributed by atoms with Gasteiger partial charge in [0.2, 0.25) is 5.91 Å². The summed E-state index contributed by atoms with van der Waals surface area (Å²) in [4.78, 5) is 13.9. The standard InChI is InChI=1S/C18H26N2O2/c1-2-18(21)19-16-6-8-17(9-7-16)22-11-3-10-20-12-14-4-5-15(14)13-20/h6-9,14-15H,2-5,10-13H2,1H3,(H,19,21). The second-order valence-electron chi connectivity index (χ2n) is 6.49. The largest absolute Gasteiger partial charge is 0.494 e. The van der Waals surface area contributed by atoms with Crippen molar-refractivity contribution in [3.63, 3.8) is 0 Å². The van der Waals surface area contributed by atoms with Crippen molar-refractivity contribution in [2.75, 3.05) is 31.6 Å². The first-order chi connectivity index (χ1) is 10.7. The van der Waals surface area contributed by atoms with E-state index in [1.165, 1.54) is 25.9 Å². The van der Waals surface area contributed by atoms with Crippen molar-refractivity contribution in [3.05, 3.63) is 24.3 Å². The molecular formula is C18H26N2O2. The Balaban J connectivity index is 1.34. The van der Waals surface area contributed by atoms with E-state index in [2.05, 4.69) is 10.2 Å². The molecule has 1 aliphatic heterocycles. The average Bonchev–Trinajstić information content (AvgIpc) is 2.80. The maximum atomic E-state index is 11.3. The van der Waals surface area contributed by atoms with Gasteiger partial charge in [0.25, 0.3) is 0 Å². The predicted octanol–water partition coefficient (Wildman–Crippen LogP) is 3.15. The second kappa shape index (κ2) is 7.14. The zero-order chi connectivity index (χ0) is 15.4. The fourth-order valence-corrected chi connectivity index (χ4v) is 3.40. The number of nitrogens with zero attached hydrogens (tertiary/aromatic N) is 1. The first-order valence-electron chi connectivity index (χ1n) is 8.49. The first kappa shape index (κ1) is 15.3.